The predicted octanol–water partition coefficient (Wildman–Crippen LogP) is 4.88. The van der Waals surface area contributed by atoms with E-state index in [9.17, 15) is 8.78 Å². The van der Waals surface area contributed by atoms with Crippen LogP contribution in [0.4, 0.5) is 8.78 Å². The number of para-hydroxylation sites is 1. The monoisotopic (exact) mass is 419 g/mol. The van der Waals surface area contributed by atoms with Gasteiger partial charge in [0.1, 0.15) is 23.9 Å². The third kappa shape index (κ3) is 4.39. The summed E-state index contributed by atoms with van der Waals surface area (Å²) in [6, 6.07) is 16.3. The zero-order valence-electron chi connectivity index (χ0n) is 16.8. The summed E-state index contributed by atoms with van der Waals surface area (Å²) in [4.78, 5) is 8.91. The third-order valence-electron chi connectivity index (χ3n) is 4.86. The topological polar surface area (TPSA) is 49.2 Å². The van der Waals surface area contributed by atoms with E-state index in [-0.39, 0.29) is 12.4 Å². The number of benzene rings is 2. The van der Waals surface area contributed by atoms with E-state index in [0.717, 1.165) is 22.2 Å². The summed E-state index contributed by atoms with van der Waals surface area (Å²) in [7, 11) is 1.58. The number of aromatic nitrogens is 3. The van der Waals surface area contributed by atoms with Crippen LogP contribution in [0, 0.1) is 12.3 Å². The van der Waals surface area contributed by atoms with Gasteiger partial charge in [0, 0.05) is 24.4 Å². The third-order valence-corrected chi connectivity index (χ3v) is 4.86. The molecule has 0 spiro atoms. The lowest BCUT2D eigenvalue weighted by molar-refractivity contribution is -0.0504. The molecule has 156 valence electrons. The summed E-state index contributed by atoms with van der Waals surface area (Å²) < 4.78 is 37.6. The van der Waals surface area contributed by atoms with Gasteiger partial charge in [-0.15, -0.1) is 6.42 Å². The first-order valence-electron chi connectivity index (χ1n) is 9.53. The molecule has 0 radical (unpaired) electrons. The largest absolute Gasteiger partial charge is 0.434 e. The molecule has 0 aliphatic carbocycles. The van der Waals surface area contributed by atoms with Gasteiger partial charge in [-0.25, -0.2) is 9.97 Å². The Labute approximate surface area is 178 Å². The molecule has 2 aromatic carbocycles. The second-order valence-electron chi connectivity index (χ2n) is 6.81. The number of alkyl halides is 2. The van der Waals surface area contributed by atoms with Gasteiger partial charge in [0.15, 0.2) is 0 Å². The fraction of sp³-hybridized carbons (Fsp3) is 0.167. The highest BCUT2D eigenvalue weighted by molar-refractivity contribution is 5.82. The first kappa shape index (κ1) is 20.5. The molecule has 2 heterocycles. The molecule has 0 amide bonds. The average Bonchev–Trinajstić information content (AvgIpc) is 3.11. The predicted molar refractivity (Wildman–Crippen MR) is 114 cm³/mol. The number of fused-ring (bicyclic) bond motifs is 1. The Morgan fingerprint density at radius 1 is 1.10 bits per heavy atom. The Balaban J connectivity index is 1.79. The van der Waals surface area contributed by atoms with E-state index in [1.165, 1.54) is 6.07 Å². The summed E-state index contributed by atoms with van der Waals surface area (Å²) in [5.74, 6) is 3.32. The van der Waals surface area contributed by atoms with Crippen LogP contribution in [-0.4, -0.2) is 28.3 Å². The fourth-order valence-electron chi connectivity index (χ4n) is 3.43. The summed E-state index contributed by atoms with van der Waals surface area (Å²) >= 11 is 0. The molecule has 0 aliphatic heterocycles. The maximum absolute atomic E-state index is 12.8. The van der Waals surface area contributed by atoms with Gasteiger partial charge < -0.3 is 14.0 Å². The summed E-state index contributed by atoms with van der Waals surface area (Å²) in [6.07, 6.45) is 7.11. The molecule has 0 saturated heterocycles. The summed E-state index contributed by atoms with van der Waals surface area (Å²) in [5, 5.41) is 0. The Hall–Kier alpha value is -3.76. The molecule has 5 nitrogen and oxygen atoms in total. The number of terminal acetylenes is 1. The number of imidazole rings is 1. The van der Waals surface area contributed by atoms with E-state index in [4.69, 9.17) is 15.9 Å². The first-order chi connectivity index (χ1) is 15.1. The maximum Gasteiger partial charge on any atom is 0.387 e. The average molecular weight is 419 g/mol. The van der Waals surface area contributed by atoms with Crippen LogP contribution < -0.4 is 4.74 Å². The van der Waals surface area contributed by atoms with Crippen LogP contribution in [0.25, 0.3) is 22.2 Å². The van der Waals surface area contributed by atoms with Crippen LogP contribution in [0.15, 0.2) is 60.8 Å². The molecule has 0 saturated carbocycles. The molecule has 4 rings (SSSR count). The fourth-order valence-corrected chi connectivity index (χ4v) is 3.43. The SMILES string of the molecule is C#Cc1ccc(-c2ccc3nc(COC)n(Cc4ccccc4OC(F)F)c3c2)cn1. The Bertz CT molecular complexity index is 1240. The molecule has 0 aliphatic rings. The first-order valence-corrected chi connectivity index (χ1v) is 9.53. The van der Waals surface area contributed by atoms with E-state index in [1.807, 2.05) is 28.8 Å². The standard InChI is InChI=1S/C24H19F2N3O2/c1-3-19-10-8-17(13-27-19)16-9-11-20-21(12-16)29(23(28-20)15-30-2)14-18-6-4-5-7-22(18)31-24(25)26/h1,4-13,24H,14-15H2,2H3. The molecule has 7 heteroatoms. The minimum atomic E-state index is -2.90. The van der Waals surface area contributed by atoms with Gasteiger partial charge in [-0.1, -0.05) is 36.3 Å². The Morgan fingerprint density at radius 2 is 1.90 bits per heavy atom. The lowest BCUT2D eigenvalue weighted by atomic mass is 10.1. The van der Waals surface area contributed by atoms with Crippen molar-refractivity contribution in [1.29, 1.82) is 0 Å². The van der Waals surface area contributed by atoms with Crippen molar-refractivity contribution in [3.63, 3.8) is 0 Å². The molecular weight excluding hydrogens is 400 g/mol. The molecular formula is C24H19F2N3O2. The van der Waals surface area contributed by atoms with Gasteiger partial charge in [-0.3, -0.25) is 0 Å². The van der Waals surface area contributed by atoms with Crippen LogP contribution in [0.1, 0.15) is 17.1 Å². The van der Waals surface area contributed by atoms with Crippen molar-refractivity contribution in [1.82, 2.24) is 14.5 Å². The van der Waals surface area contributed by atoms with Gasteiger partial charge in [-0.2, -0.15) is 8.78 Å². The second kappa shape index (κ2) is 8.94. The number of hydrogen-bond acceptors (Lipinski definition) is 4. The molecule has 0 fully saturated rings. The molecule has 0 atom stereocenters. The molecule has 0 unspecified atom stereocenters. The molecule has 0 bridgehead atoms. The number of rotatable bonds is 7. The molecule has 0 N–H and O–H groups in total. The van der Waals surface area contributed by atoms with Crippen LogP contribution in [0.2, 0.25) is 0 Å². The van der Waals surface area contributed by atoms with E-state index in [1.54, 1.807) is 37.6 Å². The summed E-state index contributed by atoms with van der Waals surface area (Å²) in [5.41, 5.74) is 4.64. The van der Waals surface area contributed by atoms with Gasteiger partial charge in [0.2, 0.25) is 0 Å². The van der Waals surface area contributed by atoms with Crippen LogP contribution in [0.3, 0.4) is 0 Å². The normalized spacial score (nSPS) is 11.1. The lowest BCUT2D eigenvalue weighted by Gasteiger charge is -2.14. The Morgan fingerprint density at radius 3 is 2.61 bits per heavy atom. The number of halogens is 2. The minimum absolute atomic E-state index is 0.132. The van der Waals surface area contributed by atoms with E-state index >= 15 is 0 Å². The highest BCUT2D eigenvalue weighted by atomic mass is 19.3. The Kier molecular flexibility index (Phi) is 5.92. The minimum Gasteiger partial charge on any atom is -0.434 e. The number of nitrogens with zero attached hydrogens (tertiary/aromatic N) is 3. The number of ether oxygens (including phenoxy) is 2. The van der Waals surface area contributed by atoms with Crippen molar-refractivity contribution in [2.24, 2.45) is 0 Å². The zero-order chi connectivity index (χ0) is 21.8. The molecule has 4 aromatic rings. The van der Waals surface area contributed by atoms with Gasteiger partial charge >= 0.3 is 6.61 Å². The van der Waals surface area contributed by atoms with E-state index in [0.29, 0.717) is 23.6 Å². The molecule has 2 aromatic heterocycles. The van der Waals surface area contributed by atoms with Crippen molar-refractivity contribution in [3.05, 3.63) is 77.9 Å². The highest BCUT2D eigenvalue weighted by Gasteiger charge is 2.16. The van der Waals surface area contributed by atoms with Crippen molar-refractivity contribution in [2.45, 2.75) is 19.8 Å². The lowest BCUT2D eigenvalue weighted by Crippen LogP contribution is -2.09. The van der Waals surface area contributed by atoms with Crippen molar-refractivity contribution in [2.75, 3.05) is 7.11 Å². The van der Waals surface area contributed by atoms with Gasteiger partial charge in [0.25, 0.3) is 0 Å². The van der Waals surface area contributed by atoms with E-state index in [2.05, 4.69) is 15.9 Å². The molecule has 31 heavy (non-hydrogen) atoms. The van der Waals surface area contributed by atoms with Crippen LogP contribution in [0.5, 0.6) is 5.75 Å². The zero-order valence-corrected chi connectivity index (χ0v) is 16.8. The van der Waals surface area contributed by atoms with Crippen LogP contribution >= 0.6 is 0 Å². The van der Waals surface area contributed by atoms with Crippen LogP contribution in [-0.2, 0) is 17.9 Å². The smallest absolute Gasteiger partial charge is 0.387 e. The van der Waals surface area contributed by atoms with E-state index < -0.39 is 6.61 Å². The van der Waals surface area contributed by atoms with Crippen molar-refractivity contribution >= 4 is 11.0 Å². The van der Waals surface area contributed by atoms with Crippen molar-refractivity contribution in [3.8, 4) is 29.2 Å². The number of pyridine rings is 1. The second-order valence-corrected chi connectivity index (χ2v) is 6.81. The highest BCUT2D eigenvalue weighted by Crippen LogP contribution is 2.28. The number of hydrogen-bond donors (Lipinski definition) is 0. The quantitative estimate of drug-likeness (QED) is 0.401. The summed E-state index contributed by atoms with van der Waals surface area (Å²) in [6.45, 7) is -2.32. The van der Waals surface area contributed by atoms with Crippen molar-refractivity contribution < 1.29 is 18.3 Å². The number of methoxy groups -OCH3 is 1. The van der Waals surface area contributed by atoms with Gasteiger partial charge in [0.05, 0.1) is 17.6 Å². The van der Waals surface area contributed by atoms with Gasteiger partial charge in [-0.05, 0) is 29.8 Å². The maximum atomic E-state index is 12.8.